The highest BCUT2D eigenvalue weighted by molar-refractivity contribution is 6.30. The molecule has 1 rings (SSSR count). The predicted molar refractivity (Wildman–Crippen MR) is 59.8 cm³/mol. The van der Waals surface area contributed by atoms with Crippen molar-refractivity contribution in [2.75, 3.05) is 6.61 Å². The minimum absolute atomic E-state index is 0.361. The third kappa shape index (κ3) is 4.04. The van der Waals surface area contributed by atoms with E-state index in [0.717, 1.165) is 5.56 Å². The van der Waals surface area contributed by atoms with Crippen LogP contribution in [0.2, 0.25) is 5.02 Å². The molecule has 5 heteroatoms. The van der Waals surface area contributed by atoms with Crippen molar-refractivity contribution in [1.29, 1.82) is 0 Å². The standard InChI is InChI=1S/C11H14ClF2NO/c1-7(15)11(16-6-10(13)14)8-2-4-9(12)5-3-8/h2-5,7,10-11H,6,15H2,1H3. The Morgan fingerprint density at radius 3 is 2.31 bits per heavy atom. The smallest absolute Gasteiger partial charge is 0.261 e. The highest BCUT2D eigenvalue weighted by Gasteiger charge is 2.18. The monoisotopic (exact) mass is 249 g/mol. The van der Waals surface area contributed by atoms with E-state index >= 15 is 0 Å². The average molecular weight is 250 g/mol. The first-order chi connectivity index (χ1) is 7.50. The Kier molecular flexibility index (Phi) is 5.12. The van der Waals surface area contributed by atoms with Gasteiger partial charge in [0.05, 0.1) is 6.10 Å². The van der Waals surface area contributed by atoms with Crippen LogP contribution in [0.25, 0.3) is 0 Å². The van der Waals surface area contributed by atoms with E-state index in [1.807, 2.05) is 0 Å². The van der Waals surface area contributed by atoms with E-state index in [2.05, 4.69) is 0 Å². The maximum absolute atomic E-state index is 12.1. The van der Waals surface area contributed by atoms with E-state index in [1.54, 1.807) is 31.2 Å². The highest BCUT2D eigenvalue weighted by Crippen LogP contribution is 2.22. The molecule has 0 aromatic heterocycles. The molecule has 0 aliphatic heterocycles. The lowest BCUT2D eigenvalue weighted by Gasteiger charge is -2.21. The van der Waals surface area contributed by atoms with Crippen LogP contribution in [0.3, 0.4) is 0 Å². The Morgan fingerprint density at radius 2 is 1.88 bits per heavy atom. The number of hydrogen-bond acceptors (Lipinski definition) is 2. The number of ether oxygens (including phenoxy) is 1. The summed E-state index contributed by atoms with van der Waals surface area (Å²) in [6.45, 7) is 1.10. The van der Waals surface area contributed by atoms with Crippen LogP contribution in [-0.4, -0.2) is 19.1 Å². The number of benzene rings is 1. The molecule has 90 valence electrons. The highest BCUT2D eigenvalue weighted by atomic mass is 35.5. The van der Waals surface area contributed by atoms with Gasteiger partial charge < -0.3 is 10.5 Å². The van der Waals surface area contributed by atoms with Gasteiger partial charge in [-0.15, -0.1) is 0 Å². The first-order valence-corrected chi connectivity index (χ1v) is 5.29. The summed E-state index contributed by atoms with van der Waals surface area (Å²) in [5.41, 5.74) is 6.44. The van der Waals surface area contributed by atoms with Gasteiger partial charge in [-0.05, 0) is 24.6 Å². The van der Waals surface area contributed by atoms with E-state index < -0.39 is 19.1 Å². The second-order valence-corrected chi connectivity index (χ2v) is 3.99. The predicted octanol–water partition coefficient (Wildman–Crippen LogP) is 3.01. The molecule has 0 spiro atoms. The van der Waals surface area contributed by atoms with E-state index in [4.69, 9.17) is 22.1 Å². The van der Waals surface area contributed by atoms with Crippen LogP contribution < -0.4 is 5.73 Å². The molecular weight excluding hydrogens is 236 g/mol. The number of rotatable bonds is 5. The molecule has 1 aromatic carbocycles. The van der Waals surface area contributed by atoms with Crippen LogP contribution in [0, 0.1) is 0 Å². The minimum Gasteiger partial charge on any atom is -0.366 e. The van der Waals surface area contributed by atoms with Crippen molar-refractivity contribution < 1.29 is 13.5 Å². The van der Waals surface area contributed by atoms with Crippen molar-refractivity contribution >= 4 is 11.6 Å². The molecule has 0 saturated carbocycles. The first-order valence-electron chi connectivity index (χ1n) is 4.91. The third-order valence-corrected chi connectivity index (χ3v) is 2.33. The van der Waals surface area contributed by atoms with E-state index in [9.17, 15) is 8.78 Å². The van der Waals surface area contributed by atoms with Gasteiger partial charge in [-0.1, -0.05) is 23.7 Å². The SMILES string of the molecule is CC(N)C(OCC(F)F)c1ccc(Cl)cc1. The molecule has 0 aliphatic carbocycles. The maximum Gasteiger partial charge on any atom is 0.261 e. The zero-order chi connectivity index (χ0) is 12.1. The number of nitrogens with two attached hydrogens (primary N) is 1. The van der Waals surface area contributed by atoms with Crippen molar-refractivity contribution in [3.63, 3.8) is 0 Å². The minimum atomic E-state index is -2.49. The largest absolute Gasteiger partial charge is 0.366 e. The fourth-order valence-corrected chi connectivity index (χ4v) is 1.51. The van der Waals surface area contributed by atoms with Crippen LogP contribution >= 0.6 is 11.6 Å². The van der Waals surface area contributed by atoms with Gasteiger partial charge >= 0.3 is 0 Å². The Bertz CT molecular complexity index is 316. The van der Waals surface area contributed by atoms with Gasteiger partial charge in [0.1, 0.15) is 6.61 Å². The Hall–Kier alpha value is -0.710. The maximum atomic E-state index is 12.1. The summed E-state index contributed by atoms with van der Waals surface area (Å²) in [5.74, 6) is 0. The van der Waals surface area contributed by atoms with Crippen molar-refractivity contribution in [2.45, 2.75) is 25.5 Å². The van der Waals surface area contributed by atoms with Gasteiger partial charge in [-0.3, -0.25) is 0 Å². The van der Waals surface area contributed by atoms with Gasteiger partial charge in [0.2, 0.25) is 0 Å². The Morgan fingerprint density at radius 1 is 1.31 bits per heavy atom. The van der Waals surface area contributed by atoms with Crippen LogP contribution in [0.4, 0.5) is 8.78 Å². The lowest BCUT2D eigenvalue weighted by molar-refractivity contribution is -0.0326. The summed E-state index contributed by atoms with van der Waals surface area (Å²) in [6.07, 6.45) is -3.03. The number of halogens is 3. The zero-order valence-corrected chi connectivity index (χ0v) is 9.62. The van der Waals surface area contributed by atoms with Crippen LogP contribution in [0.1, 0.15) is 18.6 Å². The normalized spacial score (nSPS) is 15.1. The molecule has 2 unspecified atom stereocenters. The molecular formula is C11H14ClF2NO. The molecule has 0 amide bonds. The Labute approximate surface area is 98.3 Å². The second kappa shape index (κ2) is 6.13. The lowest BCUT2D eigenvalue weighted by atomic mass is 10.0. The summed E-state index contributed by atoms with van der Waals surface area (Å²) < 4.78 is 29.2. The summed E-state index contributed by atoms with van der Waals surface area (Å²) in [7, 11) is 0. The van der Waals surface area contributed by atoms with Gasteiger partial charge in [-0.25, -0.2) is 8.78 Å². The van der Waals surface area contributed by atoms with Crippen LogP contribution in [-0.2, 0) is 4.74 Å². The second-order valence-electron chi connectivity index (χ2n) is 3.56. The van der Waals surface area contributed by atoms with Crippen molar-refractivity contribution in [1.82, 2.24) is 0 Å². The van der Waals surface area contributed by atoms with Gasteiger partial charge in [0, 0.05) is 11.1 Å². The topological polar surface area (TPSA) is 35.2 Å². The molecule has 16 heavy (non-hydrogen) atoms. The summed E-state index contributed by atoms with van der Waals surface area (Å²) in [6, 6.07) is 6.44. The quantitative estimate of drug-likeness (QED) is 0.871. The molecule has 0 bridgehead atoms. The molecule has 2 atom stereocenters. The fraction of sp³-hybridized carbons (Fsp3) is 0.455. The zero-order valence-electron chi connectivity index (χ0n) is 8.87. The molecule has 1 aromatic rings. The van der Waals surface area contributed by atoms with E-state index in [-0.39, 0.29) is 6.04 Å². The van der Waals surface area contributed by atoms with Gasteiger partial charge in [0.15, 0.2) is 0 Å². The molecule has 2 nitrogen and oxygen atoms in total. The molecule has 0 aliphatic rings. The van der Waals surface area contributed by atoms with Gasteiger partial charge in [0.25, 0.3) is 6.43 Å². The lowest BCUT2D eigenvalue weighted by Crippen LogP contribution is -2.28. The fourth-order valence-electron chi connectivity index (χ4n) is 1.38. The average Bonchev–Trinajstić information content (AvgIpc) is 2.20. The first kappa shape index (κ1) is 13.4. The van der Waals surface area contributed by atoms with Crippen molar-refractivity contribution in [2.24, 2.45) is 5.73 Å². The van der Waals surface area contributed by atoms with Gasteiger partial charge in [-0.2, -0.15) is 0 Å². The number of hydrogen-bond donors (Lipinski definition) is 1. The van der Waals surface area contributed by atoms with Crippen LogP contribution in [0.5, 0.6) is 0 Å². The number of alkyl halides is 2. The molecule has 2 N–H and O–H groups in total. The molecule has 0 fully saturated rings. The Balaban J connectivity index is 2.73. The third-order valence-electron chi connectivity index (χ3n) is 2.08. The van der Waals surface area contributed by atoms with E-state index in [0.29, 0.717) is 5.02 Å². The molecule has 0 heterocycles. The van der Waals surface area contributed by atoms with E-state index in [1.165, 1.54) is 0 Å². The summed E-state index contributed by atoms with van der Waals surface area (Å²) >= 11 is 5.73. The summed E-state index contributed by atoms with van der Waals surface area (Å²) in [4.78, 5) is 0. The van der Waals surface area contributed by atoms with Crippen molar-refractivity contribution in [3.05, 3.63) is 34.9 Å². The summed E-state index contributed by atoms with van der Waals surface area (Å²) in [5, 5.41) is 0.584. The molecule has 0 radical (unpaired) electrons. The van der Waals surface area contributed by atoms with Crippen LogP contribution in [0.15, 0.2) is 24.3 Å². The van der Waals surface area contributed by atoms with Crippen molar-refractivity contribution in [3.8, 4) is 0 Å². The molecule has 0 saturated heterocycles.